The lowest BCUT2D eigenvalue weighted by atomic mass is 10.1. The summed E-state index contributed by atoms with van der Waals surface area (Å²) in [7, 11) is 1.91. The lowest BCUT2D eigenvalue weighted by molar-refractivity contribution is -0.141. The van der Waals surface area contributed by atoms with Crippen LogP contribution in [0.1, 0.15) is 11.4 Å². The third kappa shape index (κ3) is 3.64. The largest absolute Gasteiger partial charge is 0.433 e. The van der Waals surface area contributed by atoms with Crippen LogP contribution < -0.4 is 0 Å². The Hall–Kier alpha value is -3.49. The first-order valence-corrected chi connectivity index (χ1v) is 8.40. The van der Waals surface area contributed by atoms with Crippen LogP contribution in [0.15, 0.2) is 61.3 Å². The summed E-state index contributed by atoms with van der Waals surface area (Å²) in [6.45, 7) is 0.562. The lowest BCUT2D eigenvalue weighted by Crippen LogP contribution is -2.09. The van der Waals surface area contributed by atoms with Crippen LogP contribution in [0.3, 0.4) is 0 Å². The standard InChI is InChI=1S/C19H15F3N6/c1-27-12-23-10-15(27)11-28-8-6-16(26-28)13-3-2-4-14(9-13)18-24-7-5-17(25-18)19(20,21)22/h2-10,12H,11H2,1H3. The van der Waals surface area contributed by atoms with Crippen molar-refractivity contribution in [3.8, 4) is 22.6 Å². The number of hydrogen-bond acceptors (Lipinski definition) is 4. The van der Waals surface area contributed by atoms with Crippen LogP contribution in [0.4, 0.5) is 13.2 Å². The second-order valence-electron chi connectivity index (χ2n) is 6.24. The van der Waals surface area contributed by atoms with Crippen molar-refractivity contribution in [2.45, 2.75) is 12.7 Å². The van der Waals surface area contributed by atoms with Gasteiger partial charge in [0.25, 0.3) is 0 Å². The van der Waals surface area contributed by atoms with E-state index in [-0.39, 0.29) is 5.82 Å². The maximum atomic E-state index is 12.9. The molecule has 0 fully saturated rings. The zero-order valence-electron chi connectivity index (χ0n) is 14.8. The number of imidazole rings is 1. The van der Waals surface area contributed by atoms with Crippen molar-refractivity contribution in [3.63, 3.8) is 0 Å². The van der Waals surface area contributed by atoms with E-state index >= 15 is 0 Å². The van der Waals surface area contributed by atoms with E-state index < -0.39 is 11.9 Å². The van der Waals surface area contributed by atoms with E-state index in [1.54, 1.807) is 35.4 Å². The summed E-state index contributed by atoms with van der Waals surface area (Å²) < 4.78 is 42.4. The van der Waals surface area contributed by atoms with Crippen LogP contribution in [0.5, 0.6) is 0 Å². The molecule has 3 heterocycles. The Balaban J connectivity index is 1.62. The Labute approximate surface area is 158 Å². The molecule has 0 saturated carbocycles. The van der Waals surface area contributed by atoms with Gasteiger partial charge in [-0.05, 0) is 18.2 Å². The molecule has 142 valence electrons. The molecule has 9 heteroatoms. The second kappa shape index (κ2) is 6.91. The summed E-state index contributed by atoms with van der Waals surface area (Å²) >= 11 is 0. The molecule has 6 nitrogen and oxygen atoms in total. The molecule has 4 aromatic rings. The van der Waals surface area contributed by atoms with Crippen molar-refractivity contribution < 1.29 is 13.2 Å². The van der Waals surface area contributed by atoms with Crippen molar-refractivity contribution in [1.29, 1.82) is 0 Å². The molecule has 3 aromatic heterocycles. The van der Waals surface area contributed by atoms with Gasteiger partial charge in [0.05, 0.1) is 30.5 Å². The van der Waals surface area contributed by atoms with E-state index in [0.717, 1.165) is 23.5 Å². The lowest BCUT2D eigenvalue weighted by Gasteiger charge is -2.07. The number of alkyl halides is 3. The van der Waals surface area contributed by atoms with Crippen LogP contribution in [-0.2, 0) is 19.8 Å². The number of hydrogen-bond donors (Lipinski definition) is 0. The maximum Gasteiger partial charge on any atom is 0.433 e. The summed E-state index contributed by atoms with van der Waals surface area (Å²) in [4.78, 5) is 11.7. The Morgan fingerprint density at radius 1 is 1.07 bits per heavy atom. The molecule has 0 saturated heterocycles. The molecule has 0 amide bonds. The van der Waals surface area contributed by atoms with Gasteiger partial charge in [0.15, 0.2) is 5.82 Å². The minimum atomic E-state index is -4.51. The van der Waals surface area contributed by atoms with E-state index in [9.17, 15) is 13.2 Å². The smallest absolute Gasteiger partial charge is 0.336 e. The van der Waals surface area contributed by atoms with Gasteiger partial charge in [-0.25, -0.2) is 15.0 Å². The summed E-state index contributed by atoms with van der Waals surface area (Å²) in [6, 6.07) is 9.69. The van der Waals surface area contributed by atoms with E-state index in [1.165, 1.54) is 0 Å². The maximum absolute atomic E-state index is 12.9. The molecule has 0 atom stereocenters. The van der Waals surface area contributed by atoms with Crippen LogP contribution in [-0.4, -0.2) is 29.3 Å². The summed E-state index contributed by atoms with van der Waals surface area (Å²) in [6.07, 6.45) is 1.93. The summed E-state index contributed by atoms with van der Waals surface area (Å²) in [5, 5.41) is 4.54. The highest BCUT2D eigenvalue weighted by molar-refractivity contribution is 5.67. The van der Waals surface area contributed by atoms with Crippen LogP contribution in [0.25, 0.3) is 22.6 Å². The fourth-order valence-corrected chi connectivity index (χ4v) is 2.78. The van der Waals surface area contributed by atoms with Gasteiger partial charge in [-0.15, -0.1) is 0 Å². The van der Waals surface area contributed by atoms with Gasteiger partial charge in [-0.3, -0.25) is 4.68 Å². The highest BCUT2D eigenvalue weighted by Gasteiger charge is 2.32. The predicted molar refractivity (Wildman–Crippen MR) is 96.0 cm³/mol. The topological polar surface area (TPSA) is 61.4 Å². The second-order valence-corrected chi connectivity index (χ2v) is 6.24. The highest BCUT2D eigenvalue weighted by atomic mass is 19.4. The Morgan fingerprint density at radius 2 is 1.89 bits per heavy atom. The van der Waals surface area contributed by atoms with Gasteiger partial charge in [-0.1, -0.05) is 18.2 Å². The Kier molecular flexibility index (Phi) is 4.42. The molecule has 0 radical (unpaired) electrons. The van der Waals surface area contributed by atoms with Gasteiger partial charge in [0, 0.05) is 30.6 Å². The number of nitrogens with zero attached hydrogens (tertiary/aromatic N) is 6. The first kappa shape index (κ1) is 17.9. The molecule has 0 bridgehead atoms. The monoisotopic (exact) mass is 384 g/mol. The fraction of sp³-hybridized carbons (Fsp3) is 0.158. The quantitative estimate of drug-likeness (QED) is 0.537. The molecule has 0 aliphatic carbocycles. The van der Waals surface area contributed by atoms with Gasteiger partial charge < -0.3 is 4.57 Å². The number of benzene rings is 1. The van der Waals surface area contributed by atoms with E-state index in [0.29, 0.717) is 17.8 Å². The number of rotatable bonds is 4. The minimum absolute atomic E-state index is 0.0194. The van der Waals surface area contributed by atoms with Crippen LogP contribution in [0, 0.1) is 0 Å². The summed E-state index contributed by atoms with van der Waals surface area (Å²) in [5.41, 5.74) is 1.99. The third-order valence-electron chi connectivity index (χ3n) is 4.24. The molecule has 1 aromatic carbocycles. The molecular weight excluding hydrogens is 369 g/mol. The number of aryl methyl sites for hydroxylation is 1. The number of halogens is 3. The summed E-state index contributed by atoms with van der Waals surface area (Å²) in [5.74, 6) is 0.0194. The molecular formula is C19H15F3N6. The van der Waals surface area contributed by atoms with E-state index in [1.807, 2.05) is 29.9 Å². The minimum Gasteiger partial charge on any atom is -0.336 e. The molecule has 28 heavy (non-hydrogen) atoms. The number of aromatic nitrogens is 6. The van der Waals surface area contributed by atoms with Gasteiger partial charge in [-0.2, -0.15) is 18.3 Å². The predicted octanol–water partition coefficient (Wildman–Crippen LogP) is 3.81. The average Bonchev–Trinajstić information content (AvgIpc) is 3.31. The van der Waals surface area contributed by atoms with Crippen molar-refractivity contribution in [2.24, 2.45) is 7.05 Å². The highest BCUT2D eigenvalue weighted by Crippen LogP contribution is 2.29. The Bertz CT molecular complexity index is 1110. The van der Waals surface area contributed by atoms with Crippen molar-refractivity contribution in [3.05, 3.63) is 72.7 Å². The average molecular weight is 384 g/mol. The van der Waals surface area contributed by atoms with Crippen molar-refractivity contribution in [1.82, 2.24) is 29.3 Å². The zero-order chi connectivity index (χ0) is 19.7. The molecule has 0 aliphatic heterocycles. The van der Waals surface area contributed by atoms with Crippen molar-refractivity contribution in [2.75, 3.05) is 0 Å². The van der Waals surface area contributed by atoms with Crippen LogP contribution in [0.2, 0.25) is 0 Å². The molecule has 0 spiro atoms. The normalized spacial score (nSPS) is 11.7. The van der Waals surface area contributed by atoms with Crippen LogP contribution >= 0.6 is 0 Å². The van der Waals surface area contributed by atoms with Crippen molar-refractivity contribution >= 4 is 0 Å². The molecule has 0 N–H and O–H groups in total. The van der Waals surface area contributed by atoms with E-state index in [2.05, 4.69) is 20.1 Å². The molecule has 0 aliphatic rings. The third-order valence-corrected chi connectivity index (χ3v) is 4.24. The van der Waals surface area contributed by atoms with E-state index in [4.69, 9.17) is 0 Å². The van der Waals surface area contributed by atoms with Gasteiger partial charge in [0.1, 0.15) is 5.69 Å². The van der Waals surface area contributed by atoms with Gasteiger partial charge >= 0.3 is 6.18 Å². The van der Waals surface area contributed by atoms with Gasteiger partial charge in [0.2, 0.25) is 0 Å². The molecule has 4 rings (SSSR count). The SMILES string of the molecule is Cn1cncc1Cn1ccc(-c2cccc(-c3nccc(C(F)(F)F)n3)c2)n1. The zero-order valence-corrected chi connectivity index (χ0v) is 14.8. The molecule has 0 unspecified atom stereocenters. The fourth-order valence-electron chi connectivity index (χ4n) is 2.78. The first-order chi connectivity index (χ1) is 13.4. The Morgan fingerprint density at radius 3 is 2.64 bits per heavy atom. The first-order valence-electron chi connectivity index (χ1n) is 8.40.